The lowest BCUT2D eigenvalue weighted by Crippen LogP contribution is -2.23. The van der Waals surface area contributed by atoms with Crippen molar-refractivity contribution in [2.24, 2.45) is 13.0 Å². The van der Waals surface area contributed by atoms with Gasteiger partial charge in [-0.25, -0.2) is 0 Å². The van der Waals surface area contributed by atoms with Crippen LogP contribution in [0.15, 0.2) is 23.1 Å². The predicted octanol–water partition coefficient (Wildman–Crippen LogP) is 3.01. The second-order valence-corrected chi connectivity index (χ2v) is 4.87. The third-order valence-electron chi connectivity index (χ3n) is 3.33. The van der Waals surface area contributed by atoms with Crippen molar-refractivity contribution in [3.63, 3.8) is 0 Å². The van der Waals surface area contributed by atoms with Crippen LogP contribution in [-0.2, 0) is 7.05 Å². The molecular formula is C14H24N2O. The normalized spacial score (nSPS) is 14.4. The van der Waals surface area contributed by atoms with Crippen LogP contribution in [0.4, 0.5) is 5.69 Å². The molecule has 0 radical (unpaired) electrons. The van der Waals surface area contributed by atoms with Crippen LogP contribution in [0.5, 0.6) is 0 Å². The predicted molar refractivity (Wildman–Crippen MR) is 73.5 cm³/mol. The SMILES string of the molecule is CCC(C)CC(CC)Nc1ccc(=O)n(C)c1. The molecule has 2 atom stereocenters. The molecule has 0 saturated heterocycles. The van der Waals surface area contributed by atoms with Gasteiger partial charge in [-0.1, -0.05) is 27.2 Å². The van der Waals surface area contributed by atoms with E-state index in [1.165, 1.54) is 12.8 Å². The first-order chi connectivity index (χ1) is 8.06. The molecule has 3 heteroatoms. The van der Waals surface area contributed by atoms with Crippen LogP contribution in [0, 0.1) is 5.92 Å². The molecule has 3 nitrogen and oxygen atoms in total. The van der Waals surface area contributed by atoms with Crippen LogP contribution in [-0.4, -0.2) is 10.6 Å². The van der Waals surface area contributed by atoms with Gasteiger partial charge in [-0.15, -0.1) is 0 Å². The summed E-state index contributed by atoms with van der Waals surface area (Å²) in [5.74, 6) is 0.736. The standard InChI is InChI=1S/C14H24N2O/c1-5-11(3)9-12(6-2)15-13-7-8-14(17)16(4)10-13/h7-8,10-12,15H,5-6,9H2,1-4H3. The summed E-state index contributed by atoms with van der Waals surface area (Å²) in [6.45, 7) is 6.71. The average molecular weight is 236 g/mol. The Balaban J connectivity index is 2.67. The summed E-state index contributed by atoms with van der Waals surface area (Å²) >= 11 is 0. The molecule has 1 rings (SSSR count). The zero-order valence-corrected chi connectivity index (χ0v) is 11.4. The summed E-state index contributed by atoms with van der Waals surface area (Å²) in [7, 11) is 1.78. The van der Waals surface area contributed by atoms with Gasteiger partial charge in [0.15, 0.2) is 0 Å². The van der Waals surface area contributed by atoms with Gasteiger partial charge >= 0.3 is 0 Å². The van der Waals surface area contributed by atoms with Gasteiger partial charge in [-0.2, -0.15) is 0 Å². The van der Waals surface area contributed by atoms with Crippen molar-refractivity contribution in [1.29, 1.82) is 0 Å². The van der Waals surface area contributed by atoms with E-state index in [4.69, 9.17) is 0 Å². The zero-order chi connectivity index (χ0) is 12.8. The molecule has 0 amide bonds. The largest absolute Gasteiger partial charge is 0.381 e. The van der Waals surface area contributed by atoms with Crippen LogP contribution < -0.4 is 10.9 Å². The molecular weight excluding hydrogens is 212 g/mol. The topological polar surface area (TPSA) is 34.0 Å². The monoisotopic (exact) mass is 236 g/mol. The number of hydrogen-bond acceptors (Lipinski definition) is 2. The Kier molecular flexibility index (Phi) is 5.26. The Labute approximate surface area is 104 Å². The number of rotatable bonds is 6. The van der Waals surface area contributed by atoms with Crippen molar-refractivity contribution in [1.82, 2.24) is 4.57 Å². The number of aromatic nitrogens is 1. The molecule has 0 aliphatic rings. The first kappa shape index (κ1) is 13.8. The van der Waals surface area contributed by atoms with Gasteiger partial charge in [0.1, 0.15) is 0 Å². The summed E-state index contributed by atoms with van der Waals surface area (Å²) < 4.78 is 1.61. The highest BCUT2D eigenvalue weighted by Gasteiger charge is 2.10. The molecule has 17 heavy (non-hydrogen) atoms. The second-order valence-electron chi connectivity index (χ2n) is 4.87. The molecule has 0 aliphatic heterocycles. The lowest BCUT2D eigenvalue weighted by Gasteiger charge is -2.21. The summed E-state index contributed by atoms with van der Waals surface area (Å²) in [6.07, 6.45) is 5.36. The van der Waals surface area contributed by atoms with E-state index >= 15 is 0 Å². The Morgan fingerprint density at radius 3 is 2.53 bits per heavy atom. The molecule has 1 heterocycles. The Morgan fingerprint density at radius 2 is 2.00 bits per heavy atom. The van der Waals surface area contributed by atoms with Crippen molar-refractivity contribution in [2.45, 2.75) is 46.1 Å². The highest BCUT2D eigenvalue weighted by atomic mass is 16.1. The quantitative estimate of drug-likeness (QED) is 0.824. The highest BCUT2D eigenvalue weighted by molar-refractivity contribution is 5.41. The molecule has 0 saturated carbocycles. The van der Waals surface area contributed by atoms with E-state index in [0.29, 0.717) is 6.04 Å². The molecule has 1 aromatic heterocycles. The summed E-state index contributed by atoms with van der Waals surface area (Å²) in [4.78, 5) is 11.3. The van der Waals surface area contributed by atoms with Gasteiger partial charge in [0, 0.05) is 25.4 Å². The van der Waals surface area contributed by atoms with E-state index in [2.05, 4.69) is 26.1 Å². The third-order valence-corrected chi connectivity index (χ3v) is 3.33. The van der Waals surface area contributed by atoms with Crippen LogP contribution >= 0.6 is 0 Å². The van der Waals surface area contributed by atoms with E-state index < -0.39 is 0 Å². The number of nitrogens with zero attached hydrogens (tertiary/aromatic N) is 1. The summed E-state index contributed by atoms with van der Waals surface area (Å²) in [6, 6.07) is 3.96. The molecule has 0 fully saturated rings. The van der Waals surface area contributed by atoms with Gasteiger partial charge < -0.3 is 9.88 Å². The van der Waals surface area contributed by atoms with Gasteiger partial charge in [-0.05, 0) is 24.8 Å². The number of anilines is 1. The number of nitrogens with one attached hydrogen (secondary N) is 1. The molecule has 0 spiro atoms. The number of hydrogen-bond donors (Lipinski definition) is 1. The molecule has 0 bridgehead atoms. The highest BCUT2D eigenvalue weighted by Crippen LogP contribution is 2.16. The van der Waals surface area contributed by atoms with Gasteiger partial charge in [0.05, 0.1) is 5.69 Å². The van der Waals surface area contributed by atoms with Crippen molar-refractivity contribution < 1.29 is 0 Å². The molecule has 2 unspecified atom stereocenters. The summed E-state index contributed by atoms with van der Waals surface area (Å²) in [5.41, 5.74) is 1.06. The fourth-order valence-corrected chi connectivity index (χ4v) is 1.90. The van der Waals surface area contributed by atoms with E-state index in [1.54, 1.807) is 17.7 Å². The van der Waals surface area contributed by atoms with Crippen molar-refractivity contribution in [3.05, 3.63) is 28.7 Å². The first-order valence-electron chi connectivity index (χ1n) is 6.50. The van der Waals surface area contributed by atoms with Crippen molar-refractivity contribution in [3.8, 4) is 0 Å². The Bertz CT molecular complexity index is 397. The zero-order valence-electron chi connectivity index (χ0n) is 11.4. The maximum atomic E-state index is 11.3. The Morgan fingerprint density at radius 1 is 1.29 bits per heavy atom. The Hall–Kier alpha value is -1.25. The van der Waals surface area contributed by atoms with Crippen molar-refractivity contribution >= 4 is 5.69 Å². The van der Waals surface area contributed by atoms with E-state index in [9.17, 15) is 4.79 Å². The van der Waals surface area contributed by atoms with Crippen LogP contribution in [0.1, 0.15) is 40.0 Å². The van der Waals surface area contributed by atoms with E-state index in [0.717, 1.165) is 18.0 Å². The van der Waals surface area contributed by atoms with Gasteiger partial charge in [0.2, 0.25) is 5.56 Å². The maximum absolute atomic E-state index is 11.3. The average Bonchev–Trinajstić information content (AvgIpc) is 2.32. The molecule has 96 valence electrons. The molecule has 0 aliphatic carbocycles. The first-order valence-corrected chi connectivity index (χ1v) is 6.50. The smallest absolute Gasteiger partial charge is 0.250 e. The second kappa shape index (κ2) is 6.48. The lowest BCUT2D eigenvalue weighted by molar-refractivity contribution is 0.461. The van der Waals surface area contributed by atoms with Gasteiger partial charge in [-0.3, -0.25) is 4.79 Å². The van der Waals surface area contributed by atoms with Crippen molar-refractivity contribution in [2.75, 3.05) is 5.32 Å². The number of aryl methyl sites for hydroxylation is 1. The minimum Gasteiger partial charge on any atom is -0.381 e. The fraction of sp³-hybridized carbons (Fsp3) is 0.643. The van der Waals surface area contributed by atoms with E-state index in [-0.39, 0.29) is 5.56 Å². The minimum absolute atomic E-state index is 0.0329. The summed E-state index contributed by atoms with van der Waals surface area (Å²) in [5, 5.41) is 3.50. The maximum Gasteiger partial charge on any atom is 0.250 e. The van der Waals surface area contributed by atoms with Crippen LogP contribution in [0.25, 0.3) is 0 Å². The third kappa shape index (κ3) is 4.25. The van der Waals surface area contributed by atoms with Gasteiger partial charge in [0.25, 0.3) is 0 Å². The number of pyridine rings is 1. The van der Waals surface area contributed by atoms with Crippen LogP contribution in [0.3, 0.4) is 0 Å². The minimum atomic E-state index is 0.0329. The van der Waals surface area contributed by atoms with Crippen LogP contribution in [0.2, 0.25) is 0 Å². The molecule has 1 N–H and O–H groups in total. The molecule has 1 aromatic rings. The molecule has 0 aromatic carbocycles. The lowest BCUT2D eigenvalue weighted by atomic mass is 9.98. The fourth-order valence-electron chi connectivity index (χ4n) is 1.90. The van der Waals surface area contributed by atoms with E-state index in [1.807, 2.05) is 12.3 Å².